The van der Waals surface area contributed by atoms with Gasteiger partial charge in [0.1, 0.15) is 17.0 Å². The highest BCUT2D eigenvalue weighted by Crippen LogP contribution is 2.43. The normalized spacial score (nSPS) is 11.7. The van der Waals surface area contributed by atoms with E-state index in [4.69, 9.17) is 4.42 Å². The molecule has 3 heteroatoms. The van der Waals surface area contributed by atoms with Gasteiger partial charge in [0, 0.05) is 22.5 Å². The lowest BCUT2D eigenvalue weighted by molar-refractivity contribution is 0.623. The van der Waals surface area contributed by atoms with Crippen LogP contribution in [-0.4, -0.2) is 4.98 Å². The van der Waals surface area contributed by atoms with E-state index in [9.17, 15) is 0 Å². The van der Waals surface area contributed by atoms with E-state index < -0.39 is 0 Å². The highest BCUT2D eigenvalue weighted by molar-refractivity contribution is 6.18. The third-order valence-corrected chi connectivity index (χ3v) is 6.59. The number of hydrogen-bond acceptors (Lipinski definition) is 2. The molecule has 0 amide bonds. The molecule has 0 saturated heterocycles. The molecule has 160 valence electrons. The molecule has 5 aromatic carbocycles. The SMILES string of the molecule is Fc1ccc2c(oc3c(-c4ccccn4)cccc32)c1-c1cc2ccccc2c2ccccc12. The number of benzene rings is 5. The summed E-state index contributed by atoms with van der Waals surface area (Å²) < 4.78 is 22.1. The molecule has 0 aliphatic heterocycles. The summed E-state index contributed by atoms with van der Waals surface area (Å²) in [4.78, 5) is 4.51. The summed E-state index contributed by atoms with van der Waals surface area (Å²) in [6.07, 6.45) is 1.77. The monoisotopic (exact) mass is 439 g/mol. The maximum absolute atomic E-state index is 15.6. The minimum atomic E-state index is -0.300. The van der Waals surface area contributed by atoms with E-state index in [2.05, 4.69) is 35.3 Å². The van der Waals surface area contributed by atoms with Gasteiger partial charge in [-0.3, -0.25) is 4.98 Å². The molecule has 0 spiro atoms. The second-order valence-electron chi connectivity index (χ2n) is 8.49. The summed E-state index contributed by atoms with van der Waals surface area (Å²) in [7, 11) is 0. The van der Waals surface area contributed by atoms with Crippen LogP contribution in [0, 0.1) is 5.82 Å². The Kier molecular flexibility index (Phi) is 4.06. The molecular formula is C31H18FNO. The lowest BCUT2D eigenvalue weighted by atomic mass is 9.92. The standard InChI is InChI=1S/C31H18FNO/c32-27-16-15-24-23-12-7-13-25(28-14-5-6-17-33-28)30(23)34-31(24)29(27)26-18-19-8-1-2-9-20(19)21-10-3-4-11-22(21)26/h1-18H. The van der Waals surface area contributed by atoms with Crippen molar-refractivity contribution in [1.29, 1.82) is 0 Å². The lowest BCUT2D eigenvalue weighted by Crippen LogP contribution is -1.89. The fourth-order valence-corrected chi connectivity index (χ4v) is 5.07. The fourth-order valence-electron chi connectivity index (χ4n) is 5.07. The van der Waals surface area contributed by atoms with E-state index in [1.807, 2.05) is 66.7 Å². The Hall–Kier alpha value is -4.50. The summed E-state index contributed by atoms with van der Waals surface area (Å²) in [5, 5.41) is 6.15. The Labute approximate surface area is 194 Å². The molecule has 0 aliphatic rings. The predicted octanol–water partition coefficient (Wildman–Crippen LogP) is 8.76. The smallest absolute Gasteiger partial charge is 0.146 e. The summed E-state index contributed by atoms with van der Waals surface area (Å²) in [6.45, 7) is 0. The molecule has 0 bridgehead atoms. The third kappa shape index (κ3) is 2.70. The topological polar surface area (TPSA) is 26.0 Å². The largest absolute Gasteiger partial charge is 0.455 e. The van der Waals surface area contributed by atoms with Gasteiger partial charge >= 0.3 is 0 Å². The van der Waals surface area contributed by atoms with E-state index in [0.717, 1.165) is 49.1 Å². The summed E-state index contributed by atoms with van der Waals surface area (Å²) in [5.41, 5.74) is 4.31. The van der Waals surface area contributed by atoms with Gasteiger partial charge in [-0.1, -0.05) is 66.7 Å². The van der Waals surface area contributed by atoms with Crippen molar-refractivity contribution in [3.8, 4) is 22.4 Å². The molecule has 0 N–H and O–H groups in total. The Morgan fingerprint density at radius 3 is 2.15 bits per heavy atom. The van der Waals surface area contributed by atoms with Crippen molar-refractivity contribution in [2.45, 2.75) is 0 Å². The van der Waals surface area contributed by atoms with E-state index in [0.29, 0.717) is 16.7 Å². The van der Waals surface area contributed by atoms with Crippen LogP contribution >= 0.6 is 0 Å². The first-order valence-corrected chi connectivity index (χ1v) is 11.3. The fraction of sp³-hybridized carbons (Fsp3) is 0. The van der Waals surface area contributed by atoms with Crippen LogP contribution in [0.5, 0.6) is 0 Å². The van der Waals surface area contributed by atoms with Crippen LogP contribution in [0.15, 0.2) is 114 Å². The van der Waals surface area contributed by atoms with Gasteiger partial charge in [-0.05, 0) is 63.5 Å². The molecule has 0 unspecified atom stereocenters. The molecule has 0 aliphatic carbocycles. The average Bonchev–Trinajstić information content (AvgIpc) is 3.27. The second-order valence-corrected chi connectivity index (χ2v) is 8.49. The molecule has 2 heterocycles. The van der Waals surface area contributed by atoms with Gasteiger partial charge in [-0.25, -0.2) is 4.39 Å². The molecule has 7 rings (SSSR count). The van der Waals surface area contributed by atoms with Crippen molar-refractivity contribution in [3.63, 3.8) is 0 Å². The quantitative estimate of drug-likeness (QED) is 0.252. The van der Waals surface area contributed by atoms with E-state index in [-0.39, 0.29) is 5.82 Å². The van der Waals surface area contributed by atoms with E-state index in [1.165, 1.54) is 0 Å². The summed E-state index contributed by atoms with van der Waals surface area (Å²) in [5.74, 6) is -0.300. The van der Waals surface area contributed by atoms with Gasteiger partial charge in [0.05, 0.1) is 11.3 Å². The molecule has 0 radical (unpaired) electrons. The molecule has 0 fully saturated rings. The van der Waals surface area contributed by atoms with Gasteiger partial charge in [0.25, 0.3) is 0 Å². The van der Waals surface area contributed by atoms with Gasteiger partial charge in [-0.2, -0.15) is 0 Å². The van der Waals surface area contributed by atoms with Crippen LogP contribution in [0.3, 0.4) is 0 Å². The number of para-hydroxylation sites is 1. The molecule has 7 aromatic rings. The van der Waals surface area contributed by atoms with Gasteiger partial charge in [0.15, 0.2) is 0 Å². The van der Waals surface area contributed by atoms with Gasteiger partial charge in [0.2, 0.25) is 0 Å². The average molecular weight is 439 g/mol. The minimum Gasteiger partial charge on any atom is -0.455 e. The Balaban J connectivity index is 1.62. The number of halogens is 1. The van der Waals surface area contributed by atoms with Crippen LogP contribution in [0.1, 0.15) is 0 Å². The Morgan fingerprint density at radius 1 is 0.559 bits per heavy atom. The number of rotatable bonds is 2. The number of aromatic nitrogens is 1. The molecule has 34 heavy (non-hydrogen) atoms. The second kappa shape index (κ2) is 7.26. The number of fused-ring (bicyclic) bond motifs is 6. The molecular weight excluding hydrogens is 421 g/mol. The molecule has 0 atom stereocenters. The van der Waals surface area contributed by atoms with Crippen molar-refractivity contribution in [2.75, 3.05) is 0 Å². The zero-order valence-corrected chi connectivity index (χ0v) is 18.1. The third-order valence-electron chi connectivity index (χ3n) is 6.59. The van der Waals surface area contributed by atoms with Crippen LogP contribution in [0.4, 0.5) is 4.39 Å². The van der Waals surface area contributed by atoms with Crippen molar-refractivity contribution in [2.24, 2.45) is 0 Å². The Bertz CT molecular complexity index is 1870. The first kappa shape index (κ1) is 19.0. The summed E-state index contributed by atoms with van der Waals surface area (Å²) in [6, 6.07) is 33.6. The predicted molar refractivity (Wildman–Crippen MR) is 137 cm³/mol. The number of hydrogen-bond donors (Lipinski definition) is 0. The van der Waals surface area contributed by atoms with Crippen LogP contribution < -0.4 is 0 Å². The highest BCUT2D eigenvalue weighted by Gasteiger charge is 2.21. The first-order chi connectivity index (χ1) is 16.8. The lowest BCUT2D eigenvalue weighted by Gasteiger charge is -2.12. The highest BCUT2D eigenvalue weighted by atomic mass is 19.1. The molecule has 2 nitrogen and oxygen atoms in total. The van der Waals surface area contributed by atoms with Crippen molar-refractivity contribution >= 4 is 43.5 Å². The zero-order valence-electron chi connectivity index (χ0n) is 18.1. The number of furan rings is 1. The van der Waals surface area contributed by atoms with Gasteiger partial charge < -0.3 is 4.42 Å². The number of pyridine rings is 1. The van der Waals surface area contributed by atoms with Crippen LogP contribution in [-0.2, 0) is 0 Å². The van der Waals surface area contributed by atoms with Crippen molar-refractivity contribution < 1.29 is 8.81 Å². The molecule has 2 aromatic heterocycles. The maximum Gasteiger partial charge on any atom is 0.146 e. The Morgan fingerprint density at radius 2 is 1.29 bits per heavy atom. The maximum atomic E-state index is 15.6. The van der Waals surface area contributed by atoms with Crippen molar-refractivity contribution in [1.82, 2.24) is 4.98 Å². The number of nitrogens with zero attached hydrogens (tertiary/aromatic N) is 1. The summed E-state index contributed by atoms with van der Waals surface area (Å²) >= 11 is 0. The van der Waals surface area contributed by atoms with E-state index >= 15 is 4.39 Å². The van der Waals surface area contributed by atoms with Crippen molar-refractivity contribution in [3.05, 3.63) is 115 Å². The van der Waals surface area contributed by atoms with Crippen LogP contribution in [0.25, 0.3) is 65.9 Å². The zero-order chi connectivity index (χ0) is 22.6. The minimum absolute atomic E-state index is 0.300. The molecule has 0 saturated carbocycles. The van der Waals surface area contributed by atoms with E-state index in [1.54, 1.807) is 12.3 Å². The first-order valence-electron chi connectivity index (χ1n) is 11.3. The van der Waals surface area contributed by atoms with Gasteiger partial charge in [-0.15, -0.1) is 0 Å². The van der Waals surface area contributed by atoms with Crippen LogP contribution in [0.2, 0.25) is 0 Å².